The van der Waals surface area contributed by atoms with Gasteiger partial charge in [0, 0.05) is 57.7 Å². The third kappa shape index (κ3) is 2.64. The molecule has 108 valence electrons. The molecule has 5 heteroatoms. The van der Waals surface area contributed by atoms with Gasteiger partial charge in [-0.15, -0.1) is 0 Å². The predicted octanol–water partition coefficient (Wildman–Crippen LogP) is 1.29. The Morgan fingerprint density at radius 1 is 1.15 bits per heavy atom. The smallest absolute Gasteiger partial charge is 0.146 e. The fourth-order valence-electron chi connectivity index (χ4n) is 2.77. The Bertz CT molecular complexity index is 572. The fraction of sp³-hybridized carbons (Fsp3) is 0.533. The summed E-state index contributed by atoms with van der Waals surface area (Å²) >= 11 is 0. The maximum Gasteiger partial charge on any atom is 0.146 e. The molecule has 0 aromatic carbocycles. The van der Waals surface area contributed by atoms with E-state index in [1.807, 2.05) is 6.07 Å². The van der Waals surface area contributed by atoms with Gasteiger partial charge in [-0.2, -0.15) is 0 Å². The van der Waals surface area contributed by atoms with Crippen LogP contribution in [0.15, 0.2) is 24.5 Å². The minimum atomic E-state index is 0.901. The van der Waals surface area contributed by atoms with Crippen LogP contribution < -0.4 is 4.74 Å². The van der Waals surface area contributed by atoms with E-state index in [1.165, 1.54) is 0 Å². The first-order valence-corrected chi connectivity index (χ1v) is 7.16. The van der Waals surface area contributed by atoms with Gasteiger partial charge < -0.3 is 14.2 Å². The maximum absolute atomic E-state index is 5.45. The van der Waals surface area contributed by atoms with Crippen LogP contribution >= 0.6 is 0 Å². The third-order valence-corrected chi connectivity index (χ3v) is 4.09. The Hall–Kier alpha value is -1.59. The first-order valence-electron chi connectivity index (χ1n) is 7.16. The molecule has 3 rings (SSSR count). The summed E-state index contributed by atoms with van der Waals surface area (Å²) < 4.78 is 7.70. The second-order valence-corrected chi connectivity index (χ2v) is 5.40. The first kappa shape index (κ1) is 13.4. The zero-order chi connectivity index (χ0) is 13.9. The highest BCUT2D eigenvalue weighted by Crippen LogP contribution is 2.24. The highest BCUT2D eigenvalue weighted by molar-refractivity contribution is 5.82. The first-order chi connectivity index (χ1) is 9.78. The zero-order valence-corrected chi connectivity index (χ0v) is 12.2. The Morgan fingerprint density at radius 2 is 1.95 bits per heavy atom. The van der Waals surface area contributed by atoms with Crippen LogP contribution in [-0.4, -0.2) is 66.2 Å². The van der Waals surface area contributed by atoms with E-state index in [2.05, 4.69) is 38.7 Å². The summed E-state index contributed by atoms with van der Waals surface area (Å²) in [5.41, 5.74) is 2.10. The van der Waals surface area contributed by atoms with Gasteiger partial charge in [0.15, 0.2) is 0 Å². The number of hydrogen-bond acceptors (Lipinski definition) is 4. The molecule has 0 unspecified atom stereocenters. The Balaban J connectivity index is 1.71. The maximum atomic E-state index is 5.45. The van der Waals surface area contributed by atoms with Crippen molar-refractivity contribution in [3.63, 3.8) is 0 Å². The summed E-state index contributed by atoms with van der Waals surface area (Å²) in [4.78, 5) is 9.30. The number of piperazine rings is 1. The number of methoxy groups -OCH3 is 1. The predicted molar refractivity (Wildman–Crippen MR) is 80.2 cm³/mol. The molecule has 1 fully saturated rings. The lowest BCUT2D eigenvalue weighted by Crippen LogP contribution is -2.45. The molecule has 0 N–H and O–H groups in total. The highest BCUT2D eigenvalue weighted by atomic mass is 16.5. The number of hydrogen-bond donors (Lipinski definition) is 0. The van der Waals surface area contributed by atoms with Gasteiger partial charge in [-0.05, 0) is 13.1 Å². The van der Waals surface area contributed by atoms with Gasteiger partial charge in [0.05, 0.1) is 12.6 Å². The van der Waals surface area contributed by atoms with Gasteiger partial charge in [0.1, 0.15) is 11.3 Å². The molecule has 2 aromatic rings. The van der Waals surface area contributed by atoms with Crippen molar-refractivity contribution >= 4 is 11.0 Å². The van der Waals surface area contributed by atoms with Crippen LogP contribution in [0.5, 0.6) is 5.75 Å². The van der Waals surface area contributed by atoms with E-state index in [0.29, 0.717) is 0 Å². The molecule has 0 radical (unpaired) electrons. The molecule has 0 amide bonds. The van der Waals surface area contributed by atoms with Crippen molar-refractivity contribution in [2.24, 2.45) is 0 Å². The summed E-state index contributed by atoms with van der Waals surface area (Å²) in [5.74, 6) is 0.901. The second kappa shape index (κ2) is 5.81. The standard InChI is InChI=1S/C15H22N4O/c1-17-7-9-18(10-8-17)11-12-19-6-4-13-15(19)14(20-2)3-5-16-13/h3-6H,7-12H2,1-2H3. The van der Waals surface area contributed by atoms with E-state index in [9.17, 15) is 0 Å². The number of rotatable bonds is 4. The summed E-state index contributed by atoms with van der Waals surface area (Å²) in [5, 5.41) is 0. The summed E-state index contributed by atoms with van der Waals surface area (Å²) in [7, 11) is 3.90. The molecule has 0 saturated carbocycles. The SMILES string of the molecule is COc1ccnc2ccn(CCN3CCN(C)CC3)c12. The molecule has 1 aliphatic heterocycles. The summed E-state index contributed by atoms with van der Waals surface area (Å²) in [6, 6.07) is 3.98. The van der Waals surface area contributed by atoms with Crippen molar-refractivity contribution in [2.45, 2.75) is 6.54 Å². The van der Waals surface area contributed by atoms with Crippen molar-refractivity contribution in [1.82, 2.24) is 19.4 Å². The third-order valence-electron chi connectivity index (χ3n) is 4.09. The molecule has 1 saturated heterocycles. The van der Waals surface area contributed by atoms with Crippen LogP contribution in [0.2, 0.25) is 0 Å². The van der Waals surface area contributed by atoms with Crippen LogP contribution in [0.4, 0.5) is 0 Å². The molecule has 0 aliphatic carbocycles. The molecular weight excluding hydrogens is 252 g/mol. The topological polar surface area (TPSA) is 33.5 Å². The van der Waals surface area contributed by atoms with Gasteiger partial charge in [-0.1, -0.05) is 0 Å². The molecule has 2 aromatic heterocycles. The average Bonchev–Trinajstić information content (AvgIpc) is 2.90. The Kier molecular flexibility index (Phi) is 3.89. The van der Waals surface area contributed by atoms with Gasteiger partial charge >= 0.3 is 0 Å². The second-order valence-electron chi connectivity index (χ2n) is 5.40. The van der Waals surface area contributed by atoms with E-state index >= 15 is 0 Å². The molecular formula is C15H22N4O. The lowest BCUT2D eigenvalue weighted by atomic mass is 10.3. The van der Waals surface area contributed by atoms with Crippen LogP contribution in [-0.2, 0) is 6.54 Å². The molecule has 5 nitrogen and oxygen atoms in total. The lowest BCUT2D eigenvalue weighted by molar-refractivity contribution is 0.150. The fourth-order valence-corrected chi connectivity index (χ4v) is 2.77. The number of likely N-dealkylation sites (N-methyl/N-ethyl adjacent to an activating group) is 1. The quantitative estimate of drug-likeness (QED) is 0.841. The van der Waals surface area contributed by atoms with Crippen molar-refractivity contribution in [3.05, 3.63) is 24.5 Å². The van der Waals surface area contributed by atoms with E-state index in [-0.39, 0.29) is 0 Å². The molecule has 3 heterocycles. The van der Waals surface area contributed by atoms with Crippen molar-refractivity contribution in [2.75, 3.05) is 46.9 Å². The summed E-state index contributed by atoms with van der Waals surface area (Å²) in [6.45, 7) is 6.70. The van der Waals surface area contributed by atoms with E-state index in [1.54, 1.807) is 13.3 Å². The van der Waals surface area contributed by atoms with E-state index in [4.69, 9.17) is 4.74 Å². The monoisotopic (exact) mass is 274 g/mol. The number of fused-ring (bicyclic) bond motifs is 1. The molecule has 0 spiro atoms. The van der Waals surface area contributed by atoms with Gasteiger partial charge in [-0.25, -0.2) is 0 Å². The molecule has 0 atom stereocenters. The van der Waals surface area contributed by atoms with Gasteiger partial charge in [0.2, 0.25) is 0 Å². The van der Waals surface area contributed by atoms with Crippen LogP contribution in [0.1, 0.15) is 0 Å². The number of nitrogens with zero attached hydrogens (tertiary/aromatic N) is 4. The molecule has 1 aliphatic rings. The average molecular weight is 274 g/mol. The molecule has 20 heavy (non-hydrogen) atoms. The minimum Gasteiger partial charge on any atom is -0.494 e. The Morgan fingerprint density at radius 3 is 2.70 bits per heavy atom. The van der Waals surface area contributed by atoms with Crippen molar-refractivity contribution in [3.8, 4) is 5.75 Å². The van der Waals surface area contributed by atoms with Crippen molar-refractivity contribution in [1.29, 1.82) is 0 Å². The number of aromatic nitrogens is 2. The van der Waals surface area contributed by atoms with Crippen LogP contribution in [0.25, 0.3) is 11.0 Å². The van der Waals surface area contributed by atoms with E-state index in [0.717, 1.165) is 56.1 Å². The zero-order valence-electron chi connectivity index (χ0n) is 12.2. The van der Waals surface area contributed by atoms with Crippen LogP contribution in [0, 0.1) is 0 Å². The minimum absolute atomic E-state index is 0.901. The van der Waals surface area contributed by atoms with Gasteiger partial charge in [-0.3, -0.25) is 9.88 Å². The van der Waals surface area contributed by atoms with Gasteiger partial charge in [0.25, 0.3) is 0 Å². The largest absolute Gasteiger partial charge is 0.494 e. The molecule has 0 bridgehead atoms. The normalized spacial score (nSPS) is 17.7. The lowest BCUT2D eigenvalue weighted by Gasteiger charge is -2.32. The highest BCUT2D eigenvalue weighted by Gasteiger charge is 2.14. The van der Waals surface area contributed by atoms with E-state index < -0.39 is 0 Å². The number of pyridine rings is 1. The van der Waals surface area contributed by atoms with Crippen LogP contribution in [0.3, 0.4) is 0 Å². The van der Waals surface area contributed by atoms with Crippen molar-refractivity contribution < 1.29 is 4.74 Å². The Labute approximate surface area is 119 Å². The number of ether oxygens (including phenoxy) is 1. The summed E-state index contributed by atoms with van der Waals surface area (Å²) in [6.07, 6.45) is 3.90.